The molecule has 0 aliphatic rings. The molecule has 0 saturated heterocycles. The van der Waals surface area contributed by atoms with Gasteiger partial charge in [0.05, 0.1) is 26.7 Å². The molecule has 8 nitrogen and oxygen atoms in total. The maximum atomic E-state index is 12.5. The van der Waals surface area contributed by atoms with Crippen molar-refractivity contribution in [2.75, 3.05) is 28.4 Å². The van der Waals surface area contributed by atoms with E-state index in [9.17, 15) is 4.79 Å². The molecule has 132 valence electrons. The molecule has 0 aliphatic carbocycles. The van der Waals surface area contributed by atoms with Crippen molar-refractivity contribution in [1.82, 2.24) is 9.97 Å². The zero-order valence-corrected chi connectivity index (χ0v) is 14.3. The second kappa shape index (κ2) is 6.86. The smallest absolute Gasteiger partial charge is 0.259 e. The molecule has 0 atom stereocenters. The molecule has 2 aromatic heterocycles. The largest absolute Gasteiger partial charge is 0.493 e. The molecule has 3 aromatic rings. The zero-order chi connectivity index (χ0) is 18.0. The fourth-order valence-electron chi connectivity index (χ4n) is 2.58. The molecule has 0 aliphatic heterocycles. The number of nitrogens with one attached hydrogen (secondary N) is 1. The van der Waals surface area contributed by atoms with Crippen LogP contribution in [0.25, 0.3) is 22.5 Å². The summed E-state index contributed by atoms with van der Waals surface area (Å²) < 4.78 is 26.7. The lowest BCUT2D eigenvalue weighted by atomic mass is 10.2. The SMILES string of the molecule is COCc1ccc(-c2nc3c(OC)c(OC)c(OC)cc3c(=O)[nH]2)o1. The van der Waals surface area contributed by atoms with Gasteiger partial charge in [0, 0.05) is 7.11 Å². The first-order valence-electron chi connectivity index (χ1n) is 7.44. The minimum atomic E-state index is -0.344. The molecule has 0 amide bonds. The lowest BCUT2D eigenvalue weighted by Crippen LogP contribution is -2.11. The first-order chi connectivity index (χ1) is 12.1. The van der Waals surface area contributed by atoms with Crippen LogP contribution in [0.5, 0.6) is 17.2 Å². The standard InChI is InChI=1S/C17H18N2O6/c1-21-8-9-5-6-11(25-9)16-18-13-10(17(20)19-16)7-12(22-2)14(23-3)15(13)24-4/h5-7H,8H2,1-4H3,(H,18,19,20). The molecule has 3 rings (SSSR count). The Morgan fingerprint density at radius 3 is 2.48 bits per heavy atom. The number of aromatic amines is 1. The zero-order valence-electron chi connectivity index (χ0n) is 14.3. The summed E-state index contributed by atoms with van der Waals surface area (Å²) in [4.78, 5) is 19.7. The summed E-state index contributed by atoms with van der Waals surface area (Å²) in [6.45, 7) is 0.326. The fraction of sp³-hybridized carbons (Fsp3) is 0.294. The Kier molecular flexibility index (Phi) is 4.62. The van der Waals surface area contributed by atoms with E-state index in [1.165, 1.54) is 21.3 Å². The van der Waals surface area contributed by atoms with Gasteiger partial charge in [0.1, 0.15) is 17.9 Å². The number of furan rings is 1. The third-order valence-corrected chi connectivity index (χ3v) is 3.69. The third-order valence-electron chi connectivity index (χ3n) is 3.69. The number of nitrogens with zero attached hydrogens (tertiary/aromatic N) is 1. The second-order valence-electron chi connectivity index (χ2n) is 5.15. The Labute approximate surface area is 143 Å². The first-order valence-corrected chi connectivity index (χ1v) is 7.44. The van der Waals surface area contributed by atoms with E-state index < -0.39 is 0 Å². The van der Waals surface area contributed by atoms with Gasteiger partial charge in [0.25, 0.3) is 5.56 Å². The summed E-state index contributed by atoms with van der Waals surface area (Å²) >= 11 is 0. The van der Waals surface area contributed by atoms with Crippen molar-refractivity contribution in [2.45, 2.75) is 6.61 Å². The van der Waals surface area contributed by atoms with Crippen LogP contribution in [0.4, 0.5) is 0 Å². The lowest BCUT2D eigenvalue weighted by molar-refractivity contribution is 0.165. The van der Waals surface area contributed by atoms with E-state index in [-0.39, 0.29) is 11.4 Å². The molecular formula is C17H18N2O6. The Morgan fingerprint density at radius 2 is 1.84 bits per heavy atom. The highest BCUT2D eigenvalue weighted by Crippen LogP contribution is 2.41. The topological polar surface area (TPSA) is 95.8 Å². The van der Waals surface area contributed by atoms with Gasteiger partial charge in [0.15, 0.2) is 23.1 Å². The normalized spacial score (nSPS) is 10.9. The van der Waals surface area contributed by atoms with Crippen LogP contribution in [0.1, 0.15) is 5.76 Å². The number of rotatable bonds is 6. The average Bonchev–Trinajstić information content (AvgIpc) is 3.09. The first kappa shape index (κ1) is 16.8. The predicted molar refractivity (Wildman–Crippen MR) is 90.4 cm³/mol. The Balaban J connectivity index is 2.25. The summed E-state index contributed by atoms with van der Waals surface area (Å²) in [6.07, 6.45) is 0. The quantitative estimate of drug-likeness (QED) is 0.732. The Morgan fingerprint density at radius 1 is 1.08 bits per heavy atom. The summed E-state index contributed by atoms with van der Waals surface area (Å²) in [6, 6.07) is 5.03. The molecule has 8 heteroatoms. The van der Waals surface area contributed by atoms with Crippen molar-refractivity contribution in [1.29, 1.82) is 0 Å². The van der Waals surface area contributed by atoms with Gasteiger partial charge in [-0.25, -0.2) is 4.98 Å². The molecule has 0 unspecified atom stereocenters. The average molecular weight is 346 g/mol. The molecule has 0 bridgehead atoms. The van der Waals surface area contributed by atoms with E-state index in [1.807, 2.05) is 0 Å². The van der Waals surface area contributed by atoms with Crippen LogP contribution >= 0.6 is 0 Å². The number of methoxy groups -OCH3 is 4. The van der Waals surface area contributed by atoms with Crippen molar-refractivity contribution >= 4 is 10.9 Å². The molecule has 1 aromatic carbocycles. The number of hydrogen-bond donors (Lipinski definition) is 1. The van der Waals surface area contributed by atoms with Crippen LogP contribution in [-0.2, 0) is 11.3 Å². The highest BCUT2D eigenvalue weighted by atomic mass is 16.5. The third kappa shape index (κ3) is 2.91. The second-order valence-corrected chi connectivity index (χ2v) is 5.15. The van der Waals surface area contributed by atoms with E-state index in [0.29, 0.717) is 46.3 Å². The van der Waals surface area contributed by atoms with Crippen molar-refractivity contribution in [3.63, 3.8) is 0 Å². The van der Waals surface area contributed by atoms with Crippen LogP contribution in [0.2, 0.25) is 0 Å². The Bertz CT molecular complexity index is 960. The van der Waals surface area contributed by atoms with Crippen molar-refractivity contribution in [2.24, 2.45) is 0 Å². The highest BCUT2D eigenvalue weighted by molar-refractivity contribution is 5.90. The Hall–Kier alpha value is -3.00. The monoisotopic (exact) mass is 346 g/mol. The maximum Gasteiger partial charge on any atom is 0.259 e. The molecule has 0 saturated carbocycles. The van der Waals surface area contributed by atoms with Crippen LogP contribution in [-0.4, -0.2) is 38.4 Å². The van der Waals surface area contributed by atoms with Gasteiger partial charge in [-0.05, 0) is 18.2 Å². The van der Waals surface area contributed by atoms with E-state index in [1.54, 1.807) is 25.3 Å². The molecule has 0 fully saturated rings. The summed E-state index contributed by atoms with van der Waals surface area (Å²) in [5, 5.41) is 0.321. The van der Waals surface area contributed by atoms with E-state index in [2.05, 4.69) is 9.97 Å². The van der Waals surface area contributed by atoms with Crippen LogP contribution in [0.15, 0.2) is 27.4 Å². The lowest BCUT2D eigenvalue weighted by Gasteiger charge is -2.14. The molecule has 25 heavy (non-hydrogen) atoms. The highest BCUT2D eigenvalue weighted by Gasteiger charge is 2.20. The van der Waals surface area contributed by atoms with Crippen LogP contribution in [0, 0.1) is 0 Å². The van der Waals surface area contributed by atoms with Gasteiger partial charge in [-0.15, -0.1) is 0 Å². The van der Waals surface area contributed by atoms with Crippen molar-refractivity contribution < 1.29 is 23.4 Å². The summed E-state index contributed by atoms with van der Waals surface area (Å²) in [7, 11) is 6.02. The number of H-pyrrole nitrogens is 1. The van der Waals surface area contributed by atoms with Gasteiger partial charge >= 0.3 is 0 Å². The predicted octanol–water partition coefficient (Wildman–Crippen LogP) is 2.36. The minimum Gasteiger partial charge on any atom is -0.493 e. The molecule has 0 spiro atoms. The number of ether oxygens (including phenoxy) is 4. The van der Waals surface area contributed by atoms with Gasteiger partial charge in [0.2, 0.25) is 5.75 Å². The van der Waals surface area contributed by atoms with Crippen molar-refractivity contribution in [3.05, 3.63) is 34.3 Å². The number of aromatic nitrogens is 2. The van der Waals surface area contributed by atoms with E-state index >= 15 is 0 Å². The molecule has 0 radical (unpaired) electrons. The number of hydrogen-bond acceptors (Lipinski definition) is 7. The molecule has 2 heterocycles. The summed E-state index contributed by atoms with van der Waals surface area (Å²) in [5.41, 5.74) is 0.00698. The van der Waals surface area contributed by atoms with Gasteiger partial charge < -0.3 is 28.3 Å². The maximum absolute atomic E-state index is 12.5. The fourth-order valence-corrected chi connectivity index (χ4v) is 2.58. The van der Waals surface area contributed by atoms with Crippen LogP contribution < -0.4 is 19.8 Å². The van der Waals surface area contributed by atoms with E-state index in [4.69, 9.17) is 23.4 Å². The molecule has 1 N–H and O–H groups in total. The molecular weight excluding hydrogens is 328 g/mol. The van der Waals surface area contributed by atoms with E-state index in [0.717, 1.165) is 0 Å². The minimum absolute atomic E-state index is 0.283. The van der Waals surface area contributed by atoms with Gasteiger partial charge in [-0.1, -0.05) is 0 Å². The number of benzene rings is 1. The number of fused-ring (bicyclic) bond motifs is 1. The van der Waals surface area contributed by atoms with Crippen molar-refractivity contribution in [3.8, 4) is 28.8 Å². The van der Waals surface area contributed by atoms with Crippen LogP contribution in [0.3, 0.4) is 0 Å². The van der Waals surface area contributed by atoms with Gasteiger partial charge in [-0.2, -0.15) is 0 Å². The summed E-state index contributed by atoms with van der Waals surface area (Å²) in [5.74, 6) is 2.38. The van der Waals surface area contributed by atoms with Gasteiger partial charge in [-0.3, -0.25) is 4.79 Å².